The summed E-state index contributed by atoms with van der Waals surface area (Å²) in [4.78, 5) is 19.0. The van der Waals surface area contributed by atoms with Gasteiger partial charge in [-0.3, -0.25) is 4.79 Å². The maximum atomic E-state index is 12.8. The third-order valence-electron chi connectivity index (χ3n) is 4.81. The van der Waals surface area contributed by atoms with E-state index in [-0.39, 0.29) is 19.3 Å². The van der Waals surface area contributed by atoms with Crippen molar-refractivity contribution in [3.05, 3.63) is 53.4 Å². The van der Waals surface area contributed by atoms with Crippen molar-refractivity contribution in [2.45, 2.75) is 20.3 Å². The van der Waals surface area contributed by atoms with E-state index in [1.807, 2.05) is 18.2 Å². The highest BCUT2D eigenvalue weighted by Gasteiger charge is 2.19. The standard InChI is InChI=1S/C23H24ClN3O5/c1-15(2)12-27(22(28)13-29-18-6-4-17(24)5-7-18)10-9-21-25-23(26-32-21)16-3-8-19-20(11-16)31-14-30-19/h3-8,11,15H,9-10,12-14H2,1-2H3. The molecule has 0 radical (unpaired) electrons. The molecule has 0 fully saturated rings. The first-order valence-corrected chi connectivity index (χ1v) is 10.7. The molecule has 2 aromatic carbocycles. The predicted molar refractivity (Wildman–Crippen MR) is 118 cm³/mol. The van der Waals surface area contributed by atoms with Gasteiger partial charge < -0.3 is 23.6 Å². The van der Waals surface area contributed by atoms with Gasteiger partial charge in [0.1, 0.15) is 5.75 Å². The van der Waals surface area contributed by atoms with Crippen LogP contribution in [-0.4, -0.2) is 47.4 Å². The lowest BCUT2D eigenvalue weighted by Gasteiger charge is -2.24. The van der Waals surface area contributed by atoms with E-state index in [1.54, 1.807) is 29.2 Å². The predicted octanol–water partition coefficient (Wildman–Crippen LogP) is 4.22. The number of ether oxygens (including phenoxy) is 3. The molecule has 8 nitrogen and oxygen atoms in total. The Balaban J connectivity index is 1.36. The van der Waals surface area contributed by atoms with Crippen LogP contribution in [0.25, 0.3) is 11.4 Å². The topological polar surface area (TPSA) is 86.9 Å². The van der Waals surface area contributed by atoms with Crippen LogP contribution in [0.2, 0.25) is 5.02 Å². The number of benzene rings is 2. The SMILES string of the molecule is CC(C)CN(CCc1nc(-c2ccc3c(c2)OCO3)no1)C(=O)COc1ccc(Cl)cc1. The third-order valence-corrected chi connectivity index (χ3v) is 5.06. The van der Waals surface area contributed by atoms with Crippen LogP contribution in [0.15, 0.2) is 47.0 Å². The Bertz CT molecular complexity index is 1070. The molecule has 1 aliphatic rings. The van der Waals surface area contributed by atoms with Gasteiger partial charge >= 0.3 is 0 Å². The average Bonchev–Trinajstić information content (AvgIpc) is 3.44. The summed E-state index contributed by atoms with van der Waals surface area (Å²) in [5, 5.41) is 4.67. The maximum Gasteiger partial charge on any atom is 0.260 e. The van der Waals surface area contributed by atoms with Gasteiger partial charge in [0.15, 0.2) is 18.1 Å². The number of hydrogen-bond acceptors (Lipinski definition) is 7. The van der Waals surface area contributed by atoms with Crippen molar-refractivity contribution in [3.8, 4) is 28.6 Å². The van der Waals surface area contributed by atoms with Crippen LogP contribution in [-0.2, 0) is 11.2 Å². The van der Waals surface area contributed by atoms with Gasteiger partial charge in [-0.05, 0) is 48.4 Å². The van der Waals surface area contributed by atoms with E-state index in [4.69, 9.17) is 30.3 Å². The third kappa shape index (κ3) is 5.50. The van der Waals surface area contributed by atoms with Crippen LogP contribution in [0.5, 0.6) is 17.2 Å². The second kappa shape index (κ2) is 9.91. The van der Waals surface area contributed by atoms with E-state index in [2.05, 4.69) is 24.0 Å². The molecule has 0 spiro atoms. The quantitative estimate of drug-likeness (QED) is 0.475. The van der Waals surface area contributed by atoms with Gasteiger partial charge in [-0.15, -0.1) is 0 Å². The molecule has 1 aromatic heterocycles. The largest absolute Gasteiger partial charge is 0.484 e. The minimum Gasteiger partial charge on any atom is -0.484 e. The number of fused-ring (bicyclic) bond motifs is 1. The summed E-state index contributed by atoms with van der Waals surface area (Å²) in [6.45, 7) is 5.32. The van der Waals surface area contributed by atoms with Crippen molar-refractivity contribution in [1.29, 1.82) is 0 Å². The van der Waals surface area contributed by atoms with Gasteiger partial charge in [-0.1, -0.05) is 30.6 Å². The lowest BCUT2D eigenvalue weighted by molar-refractivity contribution is -0.133. The van der Waals surface area contributed by atoms with Gasteiger partial charge in [0, 0.05) is 30.1 Å². The molecule has 0 bridgehead atoms. The molecular weight excluding hydrogens is 434 g/mol. The molecule has 2 heterocycles. The fourth-order valence-electron chi connectivity index (χ4n) is 3.27. The zero-order valence-corrected chi connectivity index (χ0v) is 18.7. The van der Waals surface area contributed by atoms with Crippen LogP contribution in [0, 0.1) is 5.92 Å². The molecule has 9 heteroatoms. The van der Waals surface area contributed by atoms with Crippen molar-refractivity contribution in [2.75, 3.05) is 26.5 Å². The number of halogens is 1. The number of carbonyl (C=O) groups excluding carboxylic acids is 1. The molecular formula is C23H24ClN3O5. The zero-order chi connectivity index (χ0) is 22.5. The molecule has 32 heavy (non-hydrogen) atoms. The van der Waals surface area contributed by atoms with Crippen molar-refractivity contribution in [1.82, 2.24) is 15.0 Å². The summed E-state index contributed by atoms with van der Waals surface area (Å²) < 4.78 is 21.7. The lowest BCUT2D eigenvalue weighted by Crippen LogP contribution is -2.39. The summed E-state index contributed by atoms with van der Waals surface area (Å²) in [7, 11) is 0. The van der Waals surface area contributed by atoms with E-state index >= 15 is 0 Å². The fourth-order valence-corrected chi connectivity index (χ4v) is 3.39. The van der Waals surface area contributed by atoms with Crippen LogP contribution in [0.1, 0.15) is 19.7 Å². The number of hydrogen-bond donors (Lipinski definition) is 0. The van der Waals surface area contributed by atoms with Crippen molar-refractivity contribution >= 4 is 17.5 Å². The lowest BCUT2D eigenvalue weighted by atomic mass is 10.2. The summed E-state index contributed by atoms with van der Waals surface area (Å²) in [5.74, 6) is 3.07. The van der Waals surface area contributed by atoms with Crippen molar-refractivity contribution in [3.63, 3.8) is 0 Å². The number of nitrogens with zero attached hydrogens (tertiary/aromatic N) is 3. The number of amides is 1. The Morgan fingerprint density at radius 1 is 1.16 bits per heavy atom. The highest BCUT2D eigenvalue weighted by molar-refractivity contribution is 6.30. The van der Waals surface area contributed by atoms with Gasteiger partial charge in [0.25, 0.3) is 5.91 Å². The van der Waals surface area contributed by atoms with Gasteiger partial charge in [-0.2, -0.15) is 4.98 Å². The van der Waals surface area contributed by atoms with Crippen molar-refractivity contribution in [2.24, 2.45) is 5.92 Å². The van der Waals surface area contributed by atoms with E-state index in [0.29, 0.717) is 59.4 Å². The summed E-state index contributed by atoms with van der Waals surface area (Å²) >= 11 is 5.88. The monoisotopic (exact) mass is 457 g/mol. The minimum atomic E-state index is -0.107. The molecule has 1 amide bonds. The zero-order valence-electron chi connectivity index (χ0n) is 17.9. The minimum absolute atomic E-state index is 0.0549. The number of rotatable bonds is 9. The van der Waals surface area contributed by atoms with Crippen LogP contribution < -0.4 is 14.2 Å². The molecule has 0 atom stereocenters. The molecule has 168 valence electrons. The van der Waals surface area contributed by atoms with Crippen LogP contribution >= 0.6 is 11.6 Å². The summed E-state index contributed by atoms with van der Waals surface area (Å²) in [5.41, 5.74) is 0.774. The van der Waals surface area contributed by atoms with Crippen molar-refractivity contribution < 1.29 is 23.5 Å². The van der Waals surface area contributed by atoms with E-state index in [9.17, 15) is 4.79 Å². The van der Waals surface area contributed by atoms with Gasteiger partial charge in [0.05, 0.1) is 0 Å². The van der Waals surface area contributed by atoms with Crippen LogP contribution in [0.4, 0.5) is 0 Å². The Morgan fingerprint density at radius 2 is 1.94 bits per heavy atom. The first kappa shape index (κ1) is 22.0. The molecule has 0 saturated heterocycles. The second-order valence-electron chi connectivity index (χ2n) is 7.81. The Hall–Kier alpha value is -3.26. The number of aromatic nitrogens is 2. The molecule has 0 aliphatic carbocycles. The highest BCUT2D eigenvalue weighted by atomic mass is 35.5. The maximum absolute atomic E-state index is 12.8. The second-order valence-corrected chi connectivity index (χ2v) is 8.24. The molecule has 4 rings (SSSR count). The molecule has 0 N–H and O–H groups in total. The normalized spacial score (nSPS) is 12.2. The molecule has 1 aliphatic heterocycles. The van der Waals surface area contributed by atoms with E-state index < -0.39 is 0 Å². The smallest absolute Gasteiger partial charge is 0.260 e. The molecule has 0 unspecified atom stereocenters. The van der Waals surface area contributed by atoms with Gasteiger partial charge in [0.2, 0.25) is 18.5 Å². The Labute approximate surface area is 191 Å². The van der Waals surface area contributed by atoms with E-state index in [0.717, 1.165) is 5.56 Å². The fraction of sp³-hybridized carbons (Fsp3) is 0.348. The molecule has 0 saturated carbocycles. The van der Waals surface area contributed by atoms with Crippen LogP contribution in [0.3, 0.4) is 0 Å². The summed E-state index contributed by atoms with van der Waals surface area (Å²) in [6, 6.07) is 12.4. The average molecular weight is 458 g/mol. The highest BCUT2D eigenvalue weighted by Crippen LogP contribution is 2.35. The summed E-state index contributed by atoms with van der Waals surface area (Å²) in [6.07, 6.45) is 0.441. The van der Waals surface area contributed by atoms with E-state index in [1.165, 1.54) is 0 Å². The van der Waals surface area contributed by atoms with Gasteiger partial charge in [-0.25, -0.2) is 0 Å². The first-order chi connectivity index (χ1) is 15.5. The molecule has 3 aromatic rings. The number of carbonyl (C=O) groups is 1. The first-order valence-electron chi connectivity index (χ1n) is 10.4. The Kier molecular flexibility index (Phi) is 6.80. The Morgan fingerprint density at radius 3 is 2.72 bits per heavy atom.